The average molecular weight is 477 g/mol. The molecule has 0 bridgehead atoms. The van der Waals surface area contributed by atoms with Crippen LogP contribution in [0, 0.1) is 0 Å². The lowest BCUT2D eigenvalue weighted by Crippen LogP contribution is -2.32. The number of benzene rings is 3. The number of rotatable bonds is 11. The molecule has 3 aromatic rings. The van der Waals surface area contributed by atoms with E-state index in [1.807, 2.05) is 49.4 Å². The molecule has 3 rings (SSSR count). The fourth-order valence-electron chi connectivity index (χ4n) is 3.63. The summed E-state index contributed by atoms with van der Waals surface area (Å²) in [5, 5.41) is 5.75. The standard InChI is InChI=1S/C28H32N2O5/c1-5-21-10-6-9-13-24(21)35-19(2)27(31)30-23-12-8-7-11-22(23)28(32)29-17-16-20-14-15-25(33-3)26(18-20)34-4/h6-15,18-19H,5,16-17H2,1-4H3,(H,29,32)(H,30,31)/t19-/m1/s1. The maximum atomic E-state index is 12.9. The molecule has 7 nitrogen and oxygen atoms in total. The van der Waals surface area contributed by atoms with E-state index in [0.29, 0.717) is 41.5 Å². The molecule has 0 heterocycles. The molecule has 7 heteroatoms. The first kappa shape index (κ1) is 25.6. The Balaban J connectivity index is 1.60. The van der Waals surface area contributed by atoms with Crippen LogP contribution in [-0.4, -0.2) is 38.7 Å². The zero-order valence-corrected chi connectivity index (χ0v) is 20.6. The van der Waals surface area contributed by atoms with Crippen molar-refractivity contribution in [3.8, 4) is 17.2 Å². The highest BCUT2D eigenvalue weighted by atomic mass is 16.5. The van der Waals surface area contributed by atoms with Gasteiger partial charge in [0, 0.05) is 6.54 Å². The van der Waals surface area contributed by atoms with Gasteiger partial charge < -0.3 is 24.8 Å². The molecular formula is C28H32N2O5. The third kappa shape index (κ3) is 6.76. The van der Waals surface area contributed by atoms with Crippen molar-refractivity contribution in [2.75, 3.05) is 26.1 Å². The lowest BCUT2D eigenvalue weighted by Gasteiger charge is -2.18. The van der Waals surface area contributed by atoms with Crippen molar-refractivity contribution in [1.29, 1.82) is 0 Å². The number of hydrogen-bond donors (Lipinski definition) is 2. The van der Waals surface area contributed by atoms with Crippen molar-refractivity contribution >= 4 is 17.5 Å². The predicted molar refractivity (Wildman–Crippen MR) is 137 cm³/mol. The summed E-state index contributed by atoms with van der Waals surface area (Å²) in [7, 11) is 3.17. The van der Waals surface area contributed by atoms with Gasteiger partial charge in [-0.15, -0.1) is 0 Å². The van der Waals surface area contributed by atoms with Crippen LogP contribution in [0.2, 0.25) is 0 Å². The van der Waals surface area contributed by atoms with E-state index in [4.69, 9.17) is 14.2 Å². The molecule has 2 N–H and O–H groups in total. The number of carbonyl (C=O) groups excluding carboxylic acids is 2. The second-order valence-electron chi connectivity index (χ2n) is 7.95. The van der Waals surface area contributed by atoms with E-state index in [-0.39, 0.29) is 11.8 Å². The normalized spacial score (nSPS) is 11.3. The second kappa shape index (κ2) is 12.5. The predicted octanol–water partition coefficient (Wildman–Crippen LogP) is 4.64. The van der Waals surface area contributed by atoms with E-state index in [1.54, 1.807) is 45.4 Å². The second-order valence-corrected chi connectivity index (χ2v) is 7.95. The zero-order chi connectivity index (χ0) is 25.2. The summed E-state index contributed by atoms with van der Waals surface area (Å²) in [5.74, 6) is 1.37. The quantitative estimate of drug-likeness (QED) is 0.421. The Morgan fingerprint density at radius 3 is 2.34 bits per heavy atom. The summed E-state index contributed by atoms with van der Waals surface area (Å²) < 4.78 is 16.5. The van der Waals surface area contributed by atoms with Crippen molar-refractivity contribution in [3.05, 3.63) is 83.4 Å². The Bertz CT molecular complexity index is 1160. The molecule has 184 valence electrons. The molecule has 35 heavy (non-hydrogen) atoms. The molecule has 0 radical (unpaired) electrons. The Labute approximate surface area is 206 Å². The molecule has 0 spiro atoms. The first-order valence-electron chi connectivity index (χ1n) is 11.6. The van der Waals surface area contributed by atoms with Crippen LogP contribution in [0.1, 0.15) is 35.3 Å². The molecule has 0 aliphatic heterocycles. The monoisotopic (exact) mass is 476 g/mol. The fourth-order valence-corrected chi connectivity index (χ4v) is 3.63. The lowest BCUT2D eigenvalue weighted by molar-refractivity contribution is -0.122. The van der Waals surface area contributed by atoms with Crippen LogP contribution in [0.3, 0.4) is 0 Å². The Kier molecular flexibility index (Phi) is 9.12. The van der Waals surface area contributed by atoms with Crippen LogP contribution in [0.25, 0.3) is 0 Å². The summed E-state index contributed by atoms with van der Waals surface area (Å²) in [5.41, 5.74) is 2.85. The molecule has 0 aliphatic carbocycles. The molecule has 0 unspecified atom stereocenters. The number of hydrogen-bond acceptors (Lipinski definition) is 5. The van der Waals surface area contributed by atoms with Crippen molar-refractivity contribution in [2.45, 2.75) is 32.8 Å². The number of anilines is 1. The highest BCUT2D eigenvalue weighted by Gasteiger charge is 2.19. The van der Waals surface area contributed by atoms with Crippen molar-refractivity contribution in [1.82, 2.24) is 5.32 Å². The summed E-state index contributed by atoms with van der Waals surface area (Å²) in [6.07, 6.45) is 0.683. The van der Waals surface area contributed by atoms with E-state index < -0.39 is 6.10 Å². The van der Waals surface area contributed by atoms with Crippen molar-refractivity contribution < 1.29 is 23.8 Å². The molecule has 0 fully saturated rings. The van der Waals surface area contributed by atoms with Crippen LogP contribution >= 0.6 is 0 Å². The van der Waals surface area contributed by atoms with Gasteiger partial charge in [-0.1, -0.05) is 43.3 Å². The van der Waals surface area contributed by atoms with Gasteiger partial charge in [0.15, 0.2) is 17.6 Å². The molecule has 2 amide bonds. The third-order valence-electron chi connectivity index (χ3n) is 5.60. The minimum Gasteiger partial charge on any atom is -0.493 e. The van der Waals surface area contributed by atoms with Gasteiger partial charge in [-0.25, -0.2) is 0 Å². The van der Waals surface area contributed by atoms with Crippen molar-refractivity contribution in [3.63, 3.8) is 0 Å². The minimum absolute atomic E-state index is 0.272. The molecule has 0 aliphatic rings. The van der Waals surface area contributed by atoms with Gasteiger partial charge in [-0.2, -0.15) is 0 Å². The number of carbonyl (C=O) groups is 2. The number of amides is 2. The highest BCUT2D eigenvalue weighted by Crippen LogP contribution is 2.27. The maximum Gasteiger partial charge on any atom is 0.265 e. The van der Waals surface area contributed by atoms with E-state index in [2.05, 4.69) is 10.6 Å². The summed E-state index contributed by atoms with van der Waals surface area (Å²) >= 11 is 0. The van der Waals surface area contributed by atoms with Crippen LogP contribution in [0.15, 0.2) is 66.7 Å². The topological polar surface area (TPSA) is 85.9 Å². The van der Waals surface area contributed by atoms with Gasteiger partial charge in [0.2, 0.25) is 0 Å². The number of nitrogens with one attached hydrogen (secondary N) is 2. The molecule has 0 saturated heterocycles. The van der Waals surface area contributed by atoms with Crippen LogP contribution in [-0.2, 0) is 17.6 Å². The summed E-state index contributed by atoms with van der Waals surface area (Å²) in [4.78, 5) is 25.7. The van der Waals surface area contributed by atoms with E-state index in [0.717, 1.165) is 17.5 Å². The summed E-state index contributed by atoms with van der Waals surface area (Å²) in [6, 6.07) is 20.2. The number of ether oxygens (including phenoxy) is 3. The molecule has 1 atom stereocenters. The summed E-state index contributed by atoms with van der Waals surface area (Å²) in [6.45, 7) is 4.14. The van der Waals surface area contributed by atoms with Crippen molar-refractivity contribution in [2.24, 2.45) is 0 Å². The number of aryl methyl sites for hydroxylation is 1. The Hall–Kier alpha value is -4.00. The van der Waals surface area contributed by atoms with Crippen LogP contribution in [0.4, 0.5) is 5.69 Å². The zero-order valence-electron chi connectivity index (χ0n) is 20.6. The lowest BCUT2D eigenvalue weighted by atomic mass is 10.1. The van der Waals surface area contributed by atoms with Crippen LogP contribution in [0.5, 0.6) is 17.2 Å². The Morgan fingerprint density at radius 2 is 1.60 bits per heavy atom. The van der Waals surface area contributed by atoms with Crippen LogP contribution < -0.4 is 24.8 Å². The largest absolute Gasteiger partial charge is 0.493 e. The molecule has 0 aromatic heterocycles. The SMILES string of the molecule is CCc1ccccc1O[C@H](C)C(=O)Nc1ccccc1C(=O)NCCc1ccc(OC)c(OC)c1. The molecule has 0 saturated carbocycles. The smallest absolute Gasteiger partial charge is 0.265 e. The third-order valence-corrected chi connectivity index (χ3v) is 5.60. The fraction of sp³-hybridized carbons (Fsp3) is 0.286. The first-order chi connectivity index (χ1) is 17.0. The maximum absolute atomic E-state index is 12.9. The highest BCUT2D eigenvalue weighted by molar-refractivity contribution is 6.04. The van der Waals surface area contributed by atoms with Gasteiger partial charge in [0.05, 0.1) is 25.5 Å². The van der Waals surface area contributed by atoms with E-state index in [1.165, 1.54) is 0 Å². The minimum atomic E-state index is -0.733. The number of methoxy groups -OCH3 is 2. The van der Waals surface area contributed by atoms with Gasteiger partial charge in [0.1, 0.15) is 5.75 Å². The van der Waals surface area contributed by atoms with Gasteiger partial charge in [-0.3, -0.25) is 9.59 Å². The van der Waals surface area contributed by atoms with E-state index in [9.17, 15) is 9.59 Å². The Morgan fingerprint density at radius 1 is 0.886 bits per heavy atom. The average Bonchev–Trinajstić information content (AvgIpc) is 2.89. The molecule has 3 aromatic carbocycles. The number of para-hydroxylation sites is 2. The first-order valence-corrected chi connectivity index (χ1v) is 11.6. The van der Waals surface area contributed by atoms with E-state index >= 15 is 0 Å². The van der Waals surface area contributed by atoms with Gasteiger partial charge >= 0.3 is 0 Å². The molecular weight excluding hydrogens is 444 g/mol. The van der Waals surface area contributed by atoms with Gasteiger partial charge in [-0.05, 0) is 61.2 Å². The van der Waals surface area contributed by atoms with Gasteiger partial charge in [0.25, 0.3) is 11.8 Å².